The largest absolute Gasteiger partial charge is 0.482 e. The summed E-state index contributed by atoms with van der Waals surface area (Å²) in [7, 11) is 0. The van der Waals surface area contributed by atoms with E-state index in [4.69, 9.17) is 10.5 Å². The number of amides is 1. The predicted molar refractivity (Wildman–Crippen MR) is 79.3 cm³/mol. The van der Waals surface area contributed by atoms with Crippen LogP contribution in [0.15, 0.2) is 48.5 Å². The molecule has 0 aromatic heterocycles. The van der Waals surface area contributed by atoms with Crippen LogP contribution in [0.1, 0.15) is 18.5 Å². The van der Waals surface area contributed by atoms with Gasteiger partial charge in [-0.2, -0.15) is 0 Å². The Morgan fingerprint density at radius 3 is 2.57 bits per heavy atom. The predicted octanol–water partition coefficient (Wildman–Crippen LogP) is 2.66. The highest BCUT2D eigenvalue weighted by molar-refractivity contribution is 5.78. The van der Waals surface area contributed by atoms with E-state index in [1.807, 2.05) is 6.92 Å². The number of carbonyl (C=O) groups excluding carboxylic acids is 1. The lowest BCUT2D eigenvalue weighted by molar-refractivity contribution is -0.123. The van der Waals surface area contributed by atoms with E-state index in [0.717, 1.165) is 5.56 Å². The summed E-state index contributed by atoms with van der Waals surface area (Å²) in [6.07, 6.45) is 0. The molecule has 5 heteroatoms. The molecule has 3 N–H and O–H groups in total. The van der Waals surface area contributed by atoms with Gasteiger partial charge < -0.3 is 15.8 Å². The molecule has 0 radical (unpaired) electrons. The molecule has 2 aromatic carbocycles. The van der Waals surface area contributed by atoms with Crippen molar-refractivity contribution in [3.8, 4) is 5.75 Å². The first-order valence-corrected chi connectivity index (χ1v) is 6.58. The van der Waals surface area contributed by atoms with E-state index in [0.29, 0.717) is 11.4 Å². The van der Waals surface area contributed by atoms with Crippen molar-refractivity contribution in [2.75, 3.05) is 12.3 Å². The van der Waals surface area contributed by atoms with Crippen LogP contribution in [0.25, 0.3) is 0 Å². The fourth-order valence-electron chi connectivity index (χ4n) is 1.87. The summed E-state index contributed by atoms with van der Waals surface area (Å²) in [5.74, 6) is -0.0997. The third-order valence-corrected chi connectivity index (χ3v) is 3.03. The number of halogens is 1. The zero-order valence-corrected chi connectivity index (χ0v) is 11.7. The van der Waals surface area contributed by atoms with Gasteiger partial charge in [-0.25, -0.2) is 4.39 Å². The molecule has 0 aliphatic rings. The topological polar surface area (TPSA) is 64.3 Å². The van der Waals surface area contributed by atoms with Gasteiger partial charge in [0.15, 0.2) is 6.61 Å². The first-order chi connectivity index (χ1) is 10.1. The smallest absolute Gasteiger partial charge is 0.258 e. The number of nitrogen functional groups attached to an aromatic ring is 1. The standard InChI is InChI=1S/C16H17FN2O2/c1-11(12-6-8-13(17)9-7-12)19-16(20)10-21-15-5-3-2-4-14(15)18/h2-9,11H,10,18H2,1H3,(H,19,20). The second-order valence-electron chi connectivity index (χ2n) is 4.67. The lowest BCUT2D eigenvalue weighted by Gasteiger charge is -2.15. The molecule has 0 fully saturated rings. The third kappa shape index (κ3) is 4.21. The molecule has 0 aliphatic heterocycles. The van der Waals surface area contributed by atoms with Gasteiger partial charge in [0.05, 0.1) is 11.7 Å². The highest BCUT2D eigenvalue weighted by Gasteiger charge is 2.10. The van der Waals surface area contributed by atoms with Crippen molar-refractivity contribution in [2.45, 2.75) is 13.0 Å². The summed E-state index contributed by atoms with van der Waals surface area (Å²) < 4.78 is 18.2. The lowest BCUT2D eigenvalue weighted by atomic mass is 10.1. The number of rotatable bonds is 5. The Morgan fingerprint density at radius 1 is 1.24 bits per heavy atom. The summed E-state index contributed by atoms with van der Waals surface area (Å²) in [4.78, 5) is 11.8. The Kier molecular flexibility index (Phi) is 4.77. The Bertz CT molecular complexity index is 614. The van der Waals surface area contributed by atoms with E-state index in [1.54, 1.807) is 36.4 Å². The first-order valence-electron chi connectivity index (χ1n) is 6.58. The van der Waals surface area contributed by atoms with Gasteiger partial charge in [-0.1, -0.05) is 24.3 Å². The average molecular weight is 288 g/mol. The minimum atomic E-state index is -0.305. The fraction of sp³-hybridized carbons (Fsp3) is 0.188. The van der Waals surface area contributed by atoms with Crippen LogP contribution in [-0.4, -0.2) is 12.5 Å². The normalized spacial score (nSPS) is 11.7. The number of ether oxygens (including phenoxy) is 1. The molecule has 21 heavy (non-hydrogen) atoms. The van der Waals surface area contributed by atoms with Crippen molar-refractivity contribution < 1.29 is 13.9 Å². The molecule has 0 spiro atoms. The summed E-state index contributed by atoms with van der Waals surface area (Å²) >= 11 is 0. The monoisotopic (exact) mass is 288 g/mol. The van der Waals surface area contributed by atoms with Crippen LogP contribution in [0.4, 0.5) is 10.1 Å². The van der Waals surface area contributed by atoms with Crippen LogP contribution in [0, 0.1) is 5.82 Å². The number of benzene rings is 2. The minimum absolute atomic E-state index is 0.125. The van der Waals surface area contributed by atoms with E-state index in [9.17, 15) is 9.18 Å². The summed E-state index contributed by atoms with van der Waals surface area (Å²) in [5, 5.41) is 2.78. The highest BCUT2D eigenvalue weighted by Crippen LogP contribution is 2.19. The Hall–Kier alpha value is -2.56. The number of nitrogens with two attached hydrogens (primary N) is 1. The molecule has 4 nitrogen and oxygen atoms in total. The second-order valence-corrected chi connectivity index (χ2v) is 4.67. The molecule has 1 amide bonds. The molecule has 0 bridgehead atoms. The number of para-hydroxylation sites is 2. The van der Waals surface area contributed by atoms with Crippen molar-refractivity contribution >= 4 is 11.6 Å². The van der Waals surface area contributed by atoms with E-state index in [-0.39, 0.29) is 24.4 Å². The Morgan fingerprint density at radius 2 is 1.90 bits per heavy atom. The quantitative estimate of drug-likeness (QED) is 0.831. The third-order valence-electron chi connectivity index (χ3n) is 3.03. The molecule has 0 saturated heterocycles. The molecule has 0 heterocycles. The van der Waals surface area contributed by atoms with Gasteiger partial charge >= 0.3 is 0 Å². The number of nitrogens with one attached hydrogen (secondary N) is 1. The van der Waals surface area contributed by atoms with Gasteiger partial charge in [0.25, 0.3) is 5.91 Å². The molecular formula is C16H17FN2O2. The SMILES string of the molecule is CC(NC(=O)COc1ccccc1N)c1ccc(F)cc1. The molecule has 1 unspecified atom stereocenters. The molecule has 110 valence electrons. The van der Waals surface area contributed by atoms with Crippen molar-refractivity contribution in [2.24, 2.45) is 0 Å². The van der Waals surface area contributed by atoms with Gasteiger partial charge in [-0.05, 0) is 36.8 Å². The first kappa shape index (κ1) is 14.8. The molecule has 0 aliphatic carbocycles. The number of hydrogen-bond donors (Lipinski definition) is 2. The molecule has 1 atom stereocenters. The van der Waals surface area contributed by atoms with Gasteiger partial charge in [-0.3, -0.25) is 4.79 Å². The van der Waals surface area contributed by atoms with Crippen LogP contribution >= 0.6 is 0 Å². The molecular weight excluding hydrogens is 271 g/mol. The van der Waals surface area contributed by atoms with Gasteiger partial charge in [0.2, 0.25) is 0 Å². The van der Waals surface area contributed by atoms with Crippen molar-refractivity contribution in [3.05, 3.63) is 59.9 Å². The number of anilines is 1. The maximum Gasteiger partial charge on any atom is 0.258 e. The highest BCUT2D eigenvalue weighted by atomic mass is 19.1. The van der Waals surface area contributed by atoms with Crippen LogP contribution in [0.5, 0.6) is 5.75 Å². The lowest BCUT2D eigenvalue weighted by Crippen LogP contribution is -2.31. The van der Waals surface area contributed by atoms with Crippen LogP contribution in [0.2, 0.25) is 0 Å². The number of carbonyl (C=O) groups is 1. The van der Waals surface area contributed by atoms with Crippen LogP contribution < -0.4 is 15.8 Å². The maximum atomic E-state index is 12.8. The fourth-order valence-corrected chi connectivity index (χ4v) is 1.87. The van der Waals surface area contributed by atoms with Gasteiger partial charge in [0, 0.05) is 0 Å². The van der Waals surface area contributed by atoms with Gasteiger partial charge in [-0.15, -0.1) is 0 Å². The summed E-state index contributed by atoms with van der Waals surface area (Å²) in [6.45, 7) is 1.70. The zero-order chi connectivity index (χ0) is 15.2. The second kappa shape index (κ2) is 6.74. The maximum absolute atomic E-state index is 12.8. The molecule has 2 rings (SSSR count). The van der Waals surface area contributed by atoms with E-state index < -0.39 is 0 Å². The summed E-state index contributed by atoms with van der Waals surface area (Å²) in [5.41, 5.74) is 7.03. The van der Waals surface area contributed by atoms with Crippen LogP contribution in [-0.2, 0) is 4.79 Å². The van der Waals surface area contributed by atoms with Crippen molar-refractivity contribution in [1.82, 2.24) is 5.32 Å². The van der Waals surface area contributed by atoms with E-state index >= 15 is 0 Å². The Balaban J connectivity index is 1.87. The minimum Gasteiger partial charge on any atom is -0.482 e. The van der Waals surface area contributed by atoms with E-state index in [1.165, 1.54) is 12.1 Å². The van der Waals surface area contributed by atoms with Gasteiger partial charge in [0.1, 0.15) is 11.6 Å². The summed E-state index contributed by atoms with van der Waals surface area (Å²) in [6, 6.07) is 12.7. The zero-order valence-electron chi connectivity index (χ0n) is 11.7. The molecule has 2 aromatic rings. The molecule has 0 saturated carbocycles. The Labute approximate surface area is 122 Å². The van der Waals surface area contributed by atoms with E-state index in [2.05, 4.69) is 5.32 Å². The van der Waals surface area contributed by atoms with Crippen LogP contribution in [0.3, 0.4) is 0 Å². The number of hydrogen-bond acceptors (Lipinski definition) is 3. The van der Waals surface area contributed by atoms with Crippen molar-refractivity contribution in [3.63, 3.8) is 0 Å². The average Bonchev–Trinajstić information content (AvgIpc) is 2.47. The van der Waals surface area contributed by atoms with Crippen molar-refractivity contribution in [1.29, 1.82) is 0 Å².